The van der Waals surface area contributed by atoms with Crippen molar-refractivity contribution >= 4 is 11.7 Å². The molecule has 150 valence electrons. The van der Waals surface area contributed by atoms with Crippen LogP contribution in [-0.2, 0) is 20.7 Å². The van der Waals surface area contributed by atoms with Crippen LogP contribution in [0.3, 0.4) is 0 Å². The Kier molecular flexibility index (Phi) is 7.21. The highest BCUT2D eigenvalue weighted by Crippen LogP contribution is 2.28. The summed E-state index contributed by atoms with van der Waals surface area (Å²) < 4.78 is 11.4. The predicted octanol–water partition coefficient (Wildman–Crippen LogP) is 3.90. The smallest absolute Gasteiger partial charge is 0.243 e. The minimum Gasteiger partial charge on any atom is -0.490 e. The van der Waals surface area contributed by atoms with Crippen molar-refractivity contribution in [2.75, 3.05) is 13.2 Å². The van der Waals surface area contributed by atoms with Gasteiger partial charge < -0.3 is 14.8 Å². The molecule has 0 aliphatic carbocycles. The maximum Gasteiger partial charge on any atom is 0.243 e. The van der Waals surface area contributed by atoms with Gasteiger partial charge in [0.2, 0.25) is 11.7 Å². The summed E-state index contributed by atoms with van der Waals surface area (Å²) >= 11 is 0. The van der Waals surface area contributed by atoms with E-state index < -0.39 is 5.60 Å². The summed E-state index contributed by atoms with van der Waals surface area (Å²) in [6, 6.07) is 7.80. The Bertz CT molecular complexity index is 810. The van der Waals surface area contributed by atoms with Crippen molar-refractivity contribution in [2.24, 2.45) is 0 Å². The fourth-order valence-corrected chi connectivity index (χ4v) is 2.60. The number of benzene rings is 1. The van der Waals surface area contributed by atoms with Crippen LogP contribution in [0.4, 0.5) is 0 Å². The number of hydrogen-bond acceptors (Lipinski definition) is 4. The fraction of sp³-hybridized carbons (Fsp3) is 0.391. The highest BCUT2D eigenvalue weighted by atomic mass is 16.5. The molecule has 28 heavy (non-hydrogen) atoms. The normalized spacial score (nSPS) is 15.5. The van der Waals surface area contributed by atoms with E-state index in [9.17, 15) is 9.59 Å². The Morgan fingerprint density at radius 2 is 1.86 bits per heavy atom. The zero-order chi connectivity index (χ0) is 20.7. The molecule has 1 N–H and O–H groups in total. The van der Waals surface area contributed by atoms with Crippen LogP contribution in [0.1, 0.15) is 40.2 Å². The molecule has 0 saturated heterocycles. The molecule has 1 aliphatic heterocycles. The molecule has 2 rings (SSSR count). The van der Waals surface area contributed by atoms with Crippen molar-refractivity contribution in [3.63, 3.8) is 0 Å². The van der Waals surface area contributed by atoms with Gasteiger partial charge in [0.25, 0.3) is 0 Å². The SMILES string of the molecule is CC(C)=CC(=O)NCCc1ccc(OCC=C(C)C2=CC(=O)C(C)(C)O2)cc1. The third-order valence-electron chi connectivity index (χ3n) is 4.30. The molecule has 1 heterocycles. The van der Waals surface area contributed by atoms with E-state index in [4.69, 9.17) is 9.47 Å². The average molecular weight is 383 g/mol. The van der Waals surface area contributed by atoms with Gasteiger partial charge in [0, 0.05) is 18.7 Å². The molecular formula is C23H29NO4. The van der Waals surface area contributed by atoms with Crippen LogP contribution in [0.15, 0.2) is 59.4 Å². The molecule has 0 radical (unpaired) electrons. The molecule has 0 bridgehead atoms. The second kappa shape index (κ2) is 9.40. The predicted molar refractivity (Wildman–Crippen MR) is 110 cm³/mol. The third-order valence-corrected chi connectivity index (χ3v) is 4.30. The summed E-state index contributed by atoms with van der Waals surface area (Å²) in [7, 11) is 0. The topological polar surface area (TPSA) is 64.6 Å². The van der Waals surface area contributed by atoms with E-state index >= 15 is 0 Å². The Hall–Kier alpha value is -2.82. The molecule has 5 heteroatoms. The van der Waals surface area contributed by atoms with Crippen LogP contribution >= 0.6 is 0 Å². The molecular weight excluding hydrogens is 354 g/mol. The number of ether oxygens (including phenoxy) is 2. The van der Waals surface area contributed by atoms with Gasteiger partial charge in [0.05, 0.1) is 0 Å². The summed E-state index contributed by atoms with van der Waals surface area (Å²) in [4.78, 5) is 23.4. The van der Waals surface area contributed by atoms with Crippen LogP contribution in [0, 0.1) is 0 Å². The second-order valence-electron chi connectivity index (χ2n) is 7.59. The van der Waals surface area contributed by atoms with Crippen LogP contribution in [0.2, 0.25) is 0 Å². The molecule has 0 fully saturated rings. The molecule has 0 saturated carbocycles. The van der Waals surface area contributed by atoms with Crippen LogP contribution in [0.5, 0.6) is 5.75 Å². The molecule has 0 unspecified atom stereocenters. The molecule has 1 amide bonds. The Morgan fingerprint density at radius 3 is 2.43 bits per heavy atom. The average Bonchev–Trinajstić information content (AvgIpc) is 2.89. The van der Waals surface area contributed by atoms with Gasteiger partial charge in [-0.05, 0) is 70.4 Å². The van der Waals surface area contributed by atoms with Crippen molar-refractivity contribution in [1.29, 1.82) is 0 Å². The zero-order valence-corrected chi connectivity index (χ0v) is 17.3. The first-order valence-corrected chi connectivity index (χ1v) is 9.44. The first kappa shape index (κ1) is 21.5. The lowest BCUT2D eigenvalue weighted by molar-refractivity contribution is -0.126. The minimum atomic E-state index is -0.785. The number of rotatable bonds is 8. The van der Waals surface area contributed by atoms with E-state index in [-0.39, 0.29) is 11.7 Å². The highest BCUT2D eigenvalue weighted by molar-refractivity contribution is 5.99. The standard InChI is InChI=1S/C23H29NO4/c1-16(2)14-22(26)24-12-10-18-6-8-19(9-7-18)27-13-11-17(3)20-15-21(25)23(4,5)28-20/h6-9,11,14-15H,10,12-13H2,1-5H3,(H,24,26). The van der Waals surface area contributed by atoms with Crippen molar-refractivity contribution in [2.45, 2.75) is 46.6 Å². The van der Waals surface area contributed by atoms with Crippen molar-refractivity contribution in [1.82, 2.24) is 5.32 Å². The van der Waals surface area contributed by atoms with E-state index in [1.54, 1.807) is 19.9 Å². The Labute approximate surface area is 167 Å². The second-order valence-corrected chi connectivity index (χ2v) is 7.59. The van der Waals surface area contributed by atoms with E-state index in [0.717, 1.165) is 28.9 Å². The fourth-order valence-electron chi connectivity index (χ4n) is 2.60. The van der Waals surface area contributed by atoms with Crippen molar-refractivity contribution in [3.05, 3.63) is 65.0 Å². The molecule has 5 nitrogen and oxygen atoms in total. The molecule has 0 atom stereocenters. The summed E-state index contributed by atoms with van der Waals surface area (Å²) in [5.41, 5.74) is 2.20. The maximum atomic E-state index is 11.8. The number of nitrogens with one attached hydrogen (secondary N) is 1. The Morgan fingerprint density at radius 1 is 1.18 bits per heavy atom. The van der Waals surface area contributed by atoms with Gasteiger partial charge in [0.15, 0.2) is 5.60 Å². The largest absolute Gasteiger partial charge is 0.490 e. The van der Waals surface area contributed by atoms with Crippen molar-refractivity contribution < 1.29 is 19.1 Å². The third kappa shape index (κ3) is 6.41. The summed E-state index contributed by atoms with van der Waals surface area (Å²) in [5, 5.41) is 2.86. The molecule has 1 aliphatic rings. The lowest BCUT2D eigenvalue weighted by Gasteiger charge is -2.18. The monoisotopic (exact) mass is 383 g/mol. The van der Waals surface area contributed by atoms with Gasteiger partial charge in [-0.2, -0.15) is 0 Å². The summed E-state index contributed by atoms with van der Waals surface area (Å²) in [5.74, 6) is 1.28. The van der Waals surface area contributed by atoms with Gasteiger partial charge in [-0.1, -0.05) is 17.7 Å². The minimum absolute atomic E-state index is 0.0243. The first-order chi connectivity index (χ1) is 13.2. The van der Waals surface area contributed by atoms with Crippen molar-refractivity contribution in [3.8, 4) is 5.75 Å². The van der Waals surface area contributed by atoms with Crippen LogP contribution in [0.25, 0.3) is 0 Å². The lowest BCUT2D eigenvalue weighted by atomic mass is 10.1. The maximum absolute atomic E-state index is 11.8. The number of allylic oxidation sites excluding steroid dienone is 2. The lowest BCUT2D eigenvalue weighted by Crippen LogP contribution is -2.27. The first-order valence-electron chi connectivity index (χ1n) is 9.44. The molecule has 1 aromatic rings. The number of carbonyl (C=O) groups excluding carboxylic acids is 2. The van der Waals surface area contributed by atoms with Gasteiger partial charge in [-0.3, -0.25) is 9.59 Å². The molecule has 0 spiro atoms. The molecule has 0 aromatic heterocycles. The zero-order valence-electron chi connectivity index (χ0n) is 17.3. The van der Waals surface area contributed by atoms with E-state index in [0.29, 0.717) is 18.9 Å². The van der Waals surface area contributed by atoms with Gasteiger partial charge in [-0.15, -0.1) is 0 Å². The van der Waals surface area contributed by atoms with E-state index in [1.807, 2.05) is 51.1 Å². The number of ketones is 1. The summed E-state index contributed by atoms with van der Waals surface area (Å²) in [6.07, 6.45) is 5.79. The number of carbonyl (C=O) groups is 2. The van der Waals surface area contributed by atoms with E-state index in [2.05, 4.69) is 5.32 Å². The Balaban J connectivity index is 1.78. The number of hydrogen-bond donors (Lipinski definition) is 1. The van der Waals surface area contributed by atoms with Crippen LogP contribution < -0.4 is 10.1 Å². The quantitative estimate of drug-likeness (QED) is 0.692. The van der Waals surface area contributed by atoms with Gasteiger partial charge >= 0.3 is 0 Å². The van der Waals surface area contributed by atoms with Gasteiger partial charge in [0.1, 0.15) is 18.1 Å². The summed E-state index contributed by atoms with van der Waals surface area (Å²) in [6.45, 7) is 10.2. The van der Waals surface area contributed by atoms with Gasteiger partial charge in [-0.25, -0.2) is 0 Å². The van der Waals surface area contributed by atoms with E-state index in [1.165, 1.54) is 6.08 Å². The van der Waals surface area contributed by atoms with Crippen LogP contribution in [-0.4, -0.2) is 30.4 Å². The number of amides is 1. The molecule has 1 aromatic carbocycles. The highest BCUT2D eigenvalue weighted by Gasteiger charge is 2.35.